The van der Waals surface area contributed by atoms with Crippen LogP contribution in [0.4, 0.5) is 10.1 Å². The Kier molecular flexibility index (Phi) is 6.94. The number of hydrogen-bond acceptors (Lipinski definition) is 5. The van der Waals surface area contributed by atoms with Crippen LogP contribution in [-0.4, -0.2) is 49.5 Å². The van der Waals surface area contributed by atoms with Crippen LogP contribution in [-0.2, 0) is 24.3 Å². The van der Waals surface area contributed by atoms with Gasteiger partial charge in [0, 0.05) is 18.8 Å². The van der Waals surface area contributed by atoms with Gasteiger partial charge in [-0.3, -0.25) is 9.59 Å². The fraction of sp³-hybridized carbons (Fsp3) is 0.556. The number of carbonyl (C=O) groups is 2. The minimum Gasteiger partial charge on any atom is -0.452 e. The first-order valence-electron chi connectivity index (χ1n) is 8.89. The molecule has 0 saturated carbocycles. The maximum absolute atomic E-state index is 13.5. The molecule has 1 heterocycles. The third kappa shape index (κ3) is 5.49. The molecule has 0 spiro atoms. The lowest BCUT2D eigenvalue weighted by Gasteiger charge is -2.30. The quantitative estimate of drug-likeness (QED) is 0.738. The van der Waals surface area contributed by atoms with Crippen molar-refractivity contribution in [1.29, 1.82) is 0 Å². The molecule has 9 heteroatoms. The number of benzene rings is 1. The highest BCUT2D eigenvalue weighted by atomic mass is 32.2. The van der Waals surface area contributed by atoms with Crippen molar-refractivity contribution in [2.45, 2.75) is 39.7 Å². The van der Waals surface area contributed by atoms with Crippen LogP contribution in [0.25, 0.3) is 0 Å². The van der Waals surface area contributed by atoms with E-state index >= 15 is 0 Å². The Morgan fingerprint density at radius 2 is 1.96 bits per heavy atom. The van der Waals surface area contributed by atoms with Crippen LogP contribution in [0.3, 0.4) is 0 Å². The molecule has 1 fully saturated rings. The van der Waals surface area contributed by atoms with Gasteiger partial charge in [-0.05, 0) is 51.3 Å². The average molecular weight is 400 g/mol. The average Bonchev–Trinajstić information content (AvgIpc) is 2.64. The van der Waals surface area contributed by atoms with Crippen LogP contribution in [0.5, 0.6) is 0 Å². The van der Waals surface area contributed by atoms with E-state index in [4.69, 9.17) is 4.74 Å². The number of nitrogens with one attached hydrogen (secondary N) is 1. The van der Waals surface area contributed by atoms with Gasteiger partial charge in [-0.25, -0.2) is 17.1 Å². The van der Waals surface area contributed by atoms with E-state index in [1.165, 1.54) is 17.3 Å². The van der Waals surface area contributed by atoms with Crippen LogP contribution in [0, 0.1) is 18.7 Å². The number of esters is 1. The van der Waals surface area contributed by atoms with Crippen LogP contribution in [0.1, 0.15) is 32.3 Å². The lowest BCUT2D eigenvalue weighted by atomic mass is 9.98. The summed E-state index contributed by atoms with van der Waals surface area (Å²) in [6, 6.07) is 4.31. The van der Waals surface area contributed by atoms with Gasteiger partial charge in [0.25, 0.3) is 5.91 Å². The third-order valence-corrected chi connectivity index (χ3v) is 6.53. The molecule has 0 aromatic heterocycles. The summed E-state index contributed by atoms with van der Waals surface area (Å²) >= 11 is 0. The molecule has 0 aliphatic carbocycles. The highest BCUT2D eigenvalue weighted by Crippen LogP contribution is 2.22. The maximum atomic E-state index is 13.5. The van der Waals surface area contributed by atoms with Crippen molar-refractivity contribution in [2.24, 2.45) is 5.92 Å². The molecule has 27 heavy (non-hydrogen) atoms. The van der Waals surface area contributed by atoms with E-state index in [0.717, 1.165) is 0 Å². The molecule has 1 N–H and O–H groups in total. The lowest BCUT2D eigenvalue weighted by molar-refractivity contribution is -0.158. The first kappa shape index (κ1) is 21.3. The molecule has 1 atom stereocenters. The van der Waals surface area contributed by atoms with E-state index in [1.54, 1.807) is 26.0 Å². The van der Waals surface area contributed by atoms with Gasteiger partial charge in [0.2, 0.25) is 10.0 Å². The summed E-state index contributed by atoms with van der Waals surface area (Å²) in [6.07, 6.45) is -0.329. The summed E-state index contributed by atoms with van der Waals surface area (Å²) in [5.74, 6) is -1.94. The number of anilines is 1. The Hall–Kier alpha value is -2.00. The third-order valence-electron chi connectivity index (χ3n) is 4.65. The Labute approximate surface area is 158 Å². The van der Waals surface area contributed by atoms with Crippen molar-refractivity contribution < 1.29 is 27.1 Å². The molecule has 1 aromatic carbocycles. The lowest BCUT2D eigenvalue weighted by Crippen LogP contribution is -2.42. The Morgan fingerprint density at radius 1 is 1.33 bits per heavy atom. The summed E-state index contributed by atoms with van der Waals surface area (Å²) in [5, 5.41) is 2.51. The van der Waals surface area contributed by atoms with Gasteiger partial charge in [0.05, 0.1) is 11.7 Å². The minimum atomic E-state index is -3.26. The highest BCUT2D eigenvalue weighted by molar-refractivity contribution is 7.89. The molecule has 1 saturated heterocycles. The van der Waals surface area contributed by atoms with E-state index < -0.39 is 39.7 Å². The molecule has 1 unspecified atom stereocenters. The fourth-order valence-corrected chi connectivity index (χ4v) is 3.92. The zero-order valence-electron chi connectivity index (χ0n) is 15.7. The number of hydrogen-bond donors (Lipinski definition) is 1. The number of piperidine rings is 1. The Balaban J connectivity index is 1.86. The Bertz CT molecular complexity index is 804. The van der Waals surface area contributed by atoms with Gasteiger partial charge in [-0.15, -0.1) is 0 Å². The highest BCUT2D eigenvalue weighted by Gasteiger charge is 2.32. The SMILES string of the molecule is CCS(=O)(=O)N1CCC(C(=O)OC(C)C(=O)Nc2ccc(C)c(F)c2)CC1. The van der Waals surface area contributed by atoms with Gasteiger partial charge in [0.15, 0.2) is 6.10 Å². The molecule has 0 bridgehead atoms. The zero-order valence-corrected chi connectivity index (χ0v) is 16.5. The monoisotopic (exact) mass is 400 g/mol. The maximum Gasteiger partial charge on any atom is 0.309 e. The van der Waals surface area contributed by atoms with Crippen molar-refractivity contribution in [3.05, 3.63) is 29.6 Å². The van der Waals surface area contributed by atoms with Crippen molar-refractivity contribution in [2.75, 3.05) is 24.2 Å². The van der Waals surface area contributed by atoms with Gasteiger partial charge in [0.1, 0.15) is 5.82 Å². The molecule has 150 valence electrons. The molecule has 7 nitrogen and oxygen atoms in total. The molecule has 0 radical (unpaired) electrons. The van der Waals surface area contributed by atoms with Gasteiger partial charge < -0.3 is 10.1 Å². The van der Waals surface area contributed by atoms with Crippen molar-refractivity contribution in [1.82, 2.24) is 4.31 Å². The van der Waals surface area contributed by atoms with Gasteiger partial charge in [-0.2, -0.15) is 0 Å². The van der Waals surface area contributed by atoms with E-state index in [-0.39, 0.29) is 24.5 Å². The topological polar surface area (TPSA) is 92.8 Å². The largest absolute Gasteiger partial charge is 0.452 e. The molecule has 1 aliphatic heterocycles. The number of aryl methyl sites for hydroxylation is 1. The number of sulfonamides is 1. The summed E-state index contributed by atoms with van der Waals surface area (Å²) in [6.45, 7) is 5.16. The Morgan fingerprint density at radius 3 is 2.52 bits per heavy atom. The number of rotatable bonds is 6. The molecular formula is C18H25FN2O5S. The van der Waals surface area contributed by atoms with Crippen LogP contribution in [0.15, 0.2) is 18.2 Å². The standard InChI is InChI=1S/C18H25FN2O5S/c1-4-27(24,25)21-9-7-14(8-10-21)18(23)26-13(3)17(22)20-15-6-5-12(2)16(19)11-15/h5-6,11,13-14H,4,7-10H2,1-3H3,(H,20,22). The molecule has 1 amide bonds. The number of amides is 1. The zero-order chi connectivity index (χ0) is 20.2. The number of carbonyl (C=O) groups excluding carboxylic acids is 2. The number of halogens is 1. The van der Waals surface area contributed by atoms with Crippen LogP contribution in [0.2, 0.25) is 0 Å². The predicted octanol–water partition coefficient (Wildman–Crippen LogP) is 2.07. The molecular weight excluding hydrogens is 375 g/mol. The first-order valence-corrected chi connectivity index (χ1v) is 10.5. The molecule has 2 rings (SSSR count). The smallest absolute Gasteiger partial charge is 0.309 e. The normalized spacial score (nSPS) is 17.3. The summed E-state index contributed by atoms with van der Waals surface area (Å²) in [7, 11) is -3.26. The molecule has 1 aromatic rings. The van der Waals surface area contributed by atoms with Crippen molar-refractivity contribution >= 4 is 27.6 Å². The summed E-state index contributed by atoms with van der Waals surface area (Å²) < 4.78 is 43.8. The van der Waals surface area contributed by atoms with E-state index in [1.807, 2.05) is 0 Å². The number of ether oxygens (including phenoxy) is 1. The van der Waals surface area contributed by atoms with Crippen molar-refractivity contribution in [3.8, 4) is 0 Å². The van der Waals surface area contributed by atoms with Crippen LogP contribution < -0.4 is 5.32 Å². The fourth-order valence-electron chi connectivity index (χ4n) is 2.79. The first-order chi connectivity index (χ1) is 12.6. The number of nitrogens with zero attached hydrogens (tertiary/aromatic N) is 1. The second kappa shape index (κ2) is 8.79. The summed E-state index contributed by atoms with van der Waals surface area (Å²) in [5.41, 5.74) is 0.744. The van der Waals surface area contributed by atoms with Gasteiger partial charge >= 0.3 is 5.97 Å². The van der Waals surface area contributed by atoms with Gasteiger partial charge in [-0.1, -0.05) is 6.07 Å². The summed E-state index contributed by atoms with van der Waals surface area (Å²) in [4.78, 5) is 24.4. The molecule has 1 aliphatic rings. The van der Waals surface area contributed by atoms with E-state index in [0.29, 0.717) is 18.4 Å². The van der Waals surface area contributed by atoms with E-state index in [9.17, 15) is 22.4 Å². The minimum absolute atomic E-state index is 0.0267. The van der Waals surface area contributed by atoms with Crippen molar-refractivity contribution in [3.63, 3.8) is 0 Å². The predicted molar refractivity (Wildman–Crippen MR) is 99.1 cm³/mol. The second-order valence-electron chi connectivity index (χ2n) is 6.61. The second-order valence-corrected chi connectivity index (χ2v) is 8.86. The van der Waals surface area contributed by atoms with Crippen LogP contribution >= 0.6 is 0 Å². The van der Waals surface area contributed by atoms with E-state index in [2.05, 4.69) is 5.32 Å².